The van der Waals surface area contributed by atoms with E-state index in [1.165, 1.54) is 51.1 Å². The van der Waals surface area contributed by atoms with E-state index < -0.39 is 0 Å². The van der Waals surface area contributed by atoms with Gasteiger partial charge in [-0.15, -0.1) is 12.4 Å². The molecule has 0 saturated carbocycles. The molecular formula is C16H22Cl2N4. The zero-order chi connectivity index (χ0) is 14.3. The number of fused-ring (bicyclic) bond motifs is 1. The average Bonchev–Trinajstić information content (AvgIpc) is 3.06. The van der Waals surface area contributed by atoms with Crippen LogP contribution in [0, 0.1) is 5.41 Å². The van der Waals surface area contributed by atoms with Gasteiger partial charge in [-0.25, -0.2) is 4.98 Å². The summed E-state index contributed by atoms with van der Waals surface area (Å²) in [4.78, 5) is 7.05. The topological polar surface area (TPSA) is 32.6 Å². The molecular weight excluding hydrogens is 319 g/mol. The first-order valence-corrected chi connectivity index (χ1v) is 8.17. The van der Waals surface area contributed by atoms with Crippen molar-refractivity contribution in [2.75, 3.05) is 26.2 Å². The van der Waals surface area contributed by atoms with E-state index >= 15 is 0 Å². The summed E-state index contributed by atoms with van der Waals surface area (Å²) >= 11 is 6.11. The third-order valence-electron chi connectivity index (χ3n) is 5.11. The summed E-state index contributed by atoms with van der Waals surface area (Å²) in [7, 11) is 0. The van der Waals surface area contributed by atoms with Gasteiger partial charge in [0.25, 0.3) is 0 Å². The molecule has 2 aliphatic rings. The number of nitrogens with zero attached hydrogens (tertiary/aromatic N) is 3. The van der Waals surface area contributed by atoms with E-state index in [4.69, 9.17) is 11.6 Å². The average molecular weight is 341 g/mol. The lowest BCUT2D eigenvalue weighted by atomic mass is 9.78. The number of nitrogens with one attached hydrogen (secondary N) is 1. The van der Waals surface area contributed by atoms with E-state index in [2.05, 4.69) is 19.6 Å². The zero-order valence-electron chi connectivity index (χ0n) is 12.6. The summed E-state index contributed by atoms with van der Waals surface area (Å²) in [5, 5.41) is 4.24. The van der Waals surface area contributed by atoms with Crippen molar-refractivity contribution < 1.29 is 0 Å². The summed E-state index contributed by atoms with van der Waals surface area (Å²) in [6.45, 7) is 5.76. The van der Waals surface area contributed by atoms with Gasteiger partial charge in [0.1, 0.15) is 5.65 Å². The van der Waals surface area contributed by atoms with Gasteiger partial charge in [0.15, 0.2) is 0 Å². The van der Waals surface area contributed by atoms with Crippen molar-refractivity contribution in [2.45, 2.75) is 25.8 Å². The number of pyridine rings is 1. The van der Waals surface area contributed by atoms with E-state index in [0.717, 1.165) is 17.2 Å². The molecule has 2 aromatic heterocycles. The lowest BCUT2D eigenvalue weighted by Gasteiger charge is -2.33. The van der Waals surface area contributed by atoms with Gasteiger partial charge >= 0.3 is 0 Å². The lowest BCUT2D eigenvalue weighted by molar-refractivity contribution is 0.193. The molecule has 1 N–H and O–H groups in total. The second-order valence-corrected chi connectivity index (χ2v) is 6.97. The highest BCUT2D eigenvalue weighted by Gasteiger charge is 2.38. The molecule has 0 unspecified atom stereocenters. The van der Waals surface area contributed by atoms with Crippen molar-refractivity contribution in [1.82, 2.24) is 19.6 Å². The first-order valence-electron chi connectivity index (χ1n) is 7.79. The molecule has 0 amide bonds. The Morgan fingerprint density at radius 3 is 2.86 bits per heavy atom. The molecule has 2 fully saturated rings. The fraction of sp³-hybridized carbons (Fsp3) is 0.562. The number of rotatable bonds is 2. The van der Waals surface area contributed by atoms with Crippen LogP contribution in [0.25, 0.3) is 5.65 Å². The first-order chi connectivity index (χ1) is 10.2. The molecule has 0 atom stereocenters. The Morgan fingerprint density at radius 1 is 1.23 bits per heavy atom. The molecule has 0 aliphatic carbocycles. The van der Waals surface area contributed by atoms with E-state index in [1.54, 1.807) is 0 Å². The third kappa shape index (κ3) is 2.98. The van der Waals surface area contributed by atoms with Crippen LogP contribution in [0.15, 0.2) is 24.5 Å². The maximum absolute atomic E-state index is 6.11. The standard InChI is InChI=1S/C16H21ClN4.ClH/c17-13-1-2-15-19-9-14(21(15)10-13)11-20-8-5-16(12-20)3-6-18-7-4-16;/h1-2,9-10,18H,3-8,11-12H2;1H. The molecule has 22 heavy (non-hydrogen) atoms. The predicted octanol–water partition coefficient (Wildman–Crippen LogP) is 2.99. The second kappa shape index (κ2) is 6.36. The van der Waals surface area contributed by atoms with Crippen molar-refractivity contribution in [3.63, 3.8) is 0 Å². The van der Waals surface area contributed by atoms with Gasteiger partial charge < -0.3 is 9.72 Å². The normalized spacial score (nSPS) is 21.3. The fourth-order valence-corrected chi connectivity index (χ4v) is 4.04. The number of hydrogen-bond donors (Lipinski definition) is 1. The van der Waals surface area contributed by atoms with Crippen LogP contribution in [0.2, 0.25) is 5.02 Å². The van der Waals surface area contributed by atoms with Crippen LogP contribution in [0.3, 0.4) is 0 Å². The molecule has 4 nitrogen and oxygen atoms in total. The van der Waals surface area contributed by atoms with Crippen LogP contribution >= 0.6 is 24.0 Å². The number of likely N-dealkylation sites (tertiary alicyclic amines) is 1. The SMILES string of the molecule is Cl.Clc1ccc2ncc(CN3CCC4(CCNCC4)C3)n2c1. The quantitative estimate of drug-likeness (QED) is 0.912. The van der Waals surface area contributed by atoms with Gasteiger partial charge in [0.2, 0.25) is 0 Å². The Bertz CT molecular complexity index is 649. The molecule has 4 heterocycles. The maximum atomic E-state index is 6.11. The molecule has 1 spiro atoms. The largest absolute Gasteiger partial charge is 0.317 e. The number of piperidine rings is 1. The van der Waals surface area contributed by atoms with Crippen LogP contribution < -0.4 is 5.32 Å². The minimum Gasteiger partial charge on any atom is -0.317 e. The van der Waals surface area contributed by atoms with E-state index in [9.17, 15) is 0 Å². The summed E-state index contributed by atoms with van der Waals surface area (Å²) in [5.41, 5.74) is 2.77. The van der Waals surface area contributed by atoms with Crippen molar-refractivity contribution >= 4 is 29.7 Å². The van der Waals surface area contributed by atoms with Gasteiger partial charge in [0.05, 0.1) is 16.9 Å². The minimum atomic E-state index is 0. The van der Waals surface area contributed by atoms with Crippen molar-refractivity contribution in [3.05, 3.63) is 35.2 Å². The summed E-state index contributed by atoms with van der Waals surface area (Å²) < 4.78 is 2.12. The van der Waals surface area contributed by atoms with E-state index in [-0.39, 0.29) is 12.4 Å². The van der Waals surface area contributed by atoms with E-state index in [1.807, 2.05) is 24.5 Å². The molecule has 120 valence electrons. The Kier molecular flexibility index (Phi) is 4.64. The number of halogens is 2. The maximum Gasteiger partial charge on any atom is 0.137 e. The van der Waals surface area contributed by atoms with Gasteiger partial charge in [0, 0.05) is 19.3 Å². The lowest BCUT2D eigenvalue weighted by Crippen LogP contribution is -2.38. The zero-order valence-corrected chi connectivity index (χ0v) is 14.2. The molecule has 2 aliphatic heterocycles. The second-order valence-electron chi connectivity index (χ2n) is 6.54. The highest BCUT2D eigenvalue weighted by Crippen LogP contribution is 2.39. The van der Waals surface area contributed by atoms with Gasteiger partial charge in [-0.3, -0.25) is 4.90 Å². The smallest absolute Gasteiger partial charge is 0.137 e. The molecule has 6 heteroatoms. The molecule has 0 radical (unpaired) electrons. The highest BCUT2D eigenvalue weighted by molar-refractivity contribution is 6.30. The number of aromatic nitrogens is 2. The third-order valence-corrected chi connectivity index (χ3v) is 5.34. The monoisotopic (exact) mass is 340 g/mol. The Hall–Kier alpha value is -0.810. The Balaban J connectivity index is 0.00000144. The molecule has 0 aromatic carbocycles. The molecule has 4 rings (SSSR count). The fourth-order valence-electron chi connectivity index (χ4n) is 3.88. The minimum absolute atomic E-state index is 0. The van der Waals surface area contributed by atoms with Crippen molar-refractivity contribution in [2.24, 2.45) is 5.41 Å². The van der Waals surface area contributed by atoms with Gasteiger partial charge in [-0.05, 0) is 56.4 Å². The van der Waals surface area contributed by atoms with Crippen molar-refractivity contribution in [1.29, 1.82) is 0 Å². The summed E-state index contributed by atoms with van der Waals surface area (Å²) in [5.74, 6) is 0. The van der Waals surface area contributed by atoms with Crippen LogP contribution in [-0.4, -0.2) is 40.5 Å². The summed E-state index contributed by atoms with van der Waals surface area (Å²) in [6.07, 6.45) is 7.94. The van der Waals surface area contributed by atoms with Crippen LogP contribution in [0.5, 0.6) is 0 Å². The van der Waals surface area contributed by atoms with Crippen molar-refractivity contribution in [3.8, 4) is 0 Å². The summed E-state index contributed by atoms with van der Waals surface area (Å²) in [6, 6.07) is 3.87. The molecule has 2 saturated heterocycles. The molecule has 0 bridgehead atoms. The first kappa shape index (κ1) is 16.1. The number of hydrogen-bond acceptors (Lipinski definition) is 3. The van der Waals surface area contributed by atoms with E-state index in [0.29, 0.717) is 5.41 Å². The Labute approximate surface area is 142 Å². The Morgan fingerprint density at radius 2 is 2.05 bits per heavy atom. The molecule has 2 aromatic rings. The van der Waals surface area contributed by atoms with Crippen LogP contribution in [0.4, 0.5) is 0 Å². The highest BCUT2D eigenvalue weighted by atomic mass is 35.5. The van der Waals surface area contributed by atoms with Gasteiger partial charge in [-0.1, -0.05) is 11.6 Å². The van der Waals surface area contributed by atoms with Crippen LogP contribution in [-0.2, 0) is 6.54 Å². The van der Waals surface area contributed by atoms with Gasteiger partial charge in [-0.2, -0.15) is 0 Å². The predicted molar refractivity (Wildman–Crippen MR) is 91.9 cm³/mol. The van der Waals surface area contributed by atoms with Crippen LogP contribution in [0.1, 0.15) is 25.0 Å². The number of imidazole rings is 1.